The smallest absolute Gasteiger partial charge is 0.415 e. The number of Topliss-reactive ketones (excluding diaryl/α,β-unsaturated/α-hetero) is 1. The quantitative estimate of drug-likeness (QED) is 0.0110. The number of carbonyl (C=O) groups is 9. The average molecular weight is 1110 g/mol. The van der Waals surface area contributed by atoms with Crippen molar-refractivity contribution in [1.82, 2.24) is 25.0 Å². The van der Waals surface area contributed by atoms with Crippen LogP contribution in [0.4, 0.5) is 21.9 Å². The van der Waals surface area contributed by atoms with Crippen LogP contribution in [0.15, 0.2) is 96.0 Å². The number of halogens is 1. The van der Waals surface area contributed by atoms with E-state index in [-0.39, 0.29) is 54.0 Å². The van der Waals surface area contributed by atoms with E-state index in [1.807, 2.05) is 31.3 Å². The zero-order chi connectivity index (χ0) is 57.3. The maximum Gasteiger partial charge on any atom is 0.415 e. The van der Waals surface area contributed by atoms with Crippen LogP contribution in [0.1, 0.15) is 98.0 Å². The van der Waals surface area contributed by atoms with Gasteiger partial charge in [-0.2, -0.15) is 0 Å². The molecule has 4 aromatic carbocycles. The third kappa shape index (κ3) is 14.1. The van der Waals surface area contributed by atoms with Gasteiger partial charge in [-0.05, 0) is 126 Å². The van der Waals surface area contributed by atoms with Crippen LogP contribution in [-0.2, 0) is 33.5 Å². The molecule has 4 heterocycles. The molecule has 0 unspecified atom stereocenters. The molecule has 22 heteroatoms. The number of nitrogens with one attached hydrogen (secondary N) is 4. The molecule has 3 aliphatic rings. The molecule has 0 spiro atoms. The van der Waals surface area contributed by atoms with E-state index < -0.39 is 64.9 Å². The fourth-order valence-electron chi connectivity index (χ4n) is 9.62. The zero-order valence-corrected chi connectivity index (χ0v) is 45.9. The number of anilines is 3. The normalized spacial score (nSPS) is 16.0. The molecule has 8 rings (SSSR count). The number of hydrogen-bond donors (Lipinski definition) is 5. The fraction of sp³-hybridized carbons (Fsp3) is 0.379. The molecule has 420 valence electrons. The fourth-order valence-corrected chi connectivity index (χ4v) is 9.87. The van der Waals surface area contributed by atoms with Crippen molar-refractivity contribution in [3.63, 3.8) is 0 Å². The Kier molecular flexibility index (Phi) is 18.6. The maximum atomic E-state index is 14.5. The van der Waals surface area contributed by atoms with Gasteiger partial charge in [0.2, 0.25) is 5.91 Å². The largest absolute Gasteiger partial charge is 0.454 e. The number of fused-ring (bicyclic) bond motifs is 4. The Morgan fingerprint density at radius 1 is 0.825 bits per heavy atom. The first-order valence-corrected chi connectivity index (χ1v) is 27.2. The van der Waals surface area contributed by atoms with Crippen LogP contribution in [-0.4, -0.2) is 149 Å². The summed E-state index contributed by atoms with van der Waals surface area (Å²) in [4.78, 5) is 133. The molecule has 5 aromatic rings. The molecular formula is C58H65ClN10O11. The number of ketones is 1. The Morgan fingerprint density at radius 2 is 1.52 bits per heavy atom. The standard InChI is InChI=1S/C58H65ClN10O11/c1-58(2,3)80-56(77)51(73)43(14-9-10-24-60)64-52(65-47(70)15-6-5-11-25-68-48(71)22-23-49(68)72)54(75)61-38-18-16-35(17-19-38)53(74)62-39-20-21-42-36(30-39)31-44(63-42)55(76)69-34-37(33-59)50-41-13-8-7-12-40(41)46(32-45(50)69)79-57(78)67-28-26-66(4)27-29-67/h7-8,12-13,16-23,30-32,37,43,63H,5-6,9-11,14-15,24-29,33-34,60H2,1-4H3,(H,61,75)(H,62,74)(H,64,65,70)/t37-,43+/m1/s1. The van der Waals surface area contributed by atoms with Gasteiger partial charge < -0.3 is 50.8 Å². The summed E-state index contributed by atoms with van der Waals surface area (Å²) in [7, 11) is 2.00. The predicted octanol–water partition coefficient (Wildman–Crippen LogP) is 6.65. The van der Waals surface area contributed by atoms with Crippen molar-refractivity contribution in [2.75, 3.05) is 74.3 Å². The lowest BCUT2D eigenvalue weighted by molar-refractivity contribution is -0.163. The number of rotatable bonds is 19. The topological polar surface area (TPSA) is 275 Å². The van der Waals surface area contributed by atoms with E-state index in [9.17, 15) is 43.2 Å². The predicted molar refractivity (Wildman–Crippen MR) is 303 cm³/mol. The van der Waals surface area contributed by atoms with Crippen molar-refractivity contribution in [2.24, 2.45) is 10.7 Å². The molecule has 0 aliphatic carbocycles. The Bertz CT molecular complexity index is 3270. The number of aromatic amines is 1. The van der Waals surface area contributed by atoms with Crippen LogP contribution in [0.5, 0.6) is 5.75 Å². The number of ether oxygens (including phenoxy) is 2. The lowest BCUT2D eigenvalue weighted by Gasteiger charge is -2.31. The van der Waals surface area contributed by atoms with E-state index in [2.05, 4.69) is 30.8 Å². The molecule has 6 N–H and O–H groups in total. The number of hydrogen-bond acceptors (Lipinski definition) is 14. The summed E-state index contributed by atoms with van der Waals surface area (Å²) in [6.45, 7) is 8.09. The molecule has 0 saturated carbocycles. The summed E-state index contributed by atoms with van der Waals surface area (Å²) in [6.07, 6.45) is 3.96. The van der Waals surface area contributed by atoms with Crippen molar-refractivity contribution in [3.8, 4) is 5.75 Å². The van der Waals surface area contributed by atoms with E-state index in [1.54, 1.807) is 60.9 Å². The summed E-state index contributed by atoms with van der Waals surface area (Å²) < 4.78 is 11.4. The summed E-state index contributed by atoms with van der Waals surface area (Å²) in [5.41, 5.74) is 7.96. The molecule has 7 amide bonds. The number of H-pyrrole nitrogens is 1. The van der Waals surface area contributed by atoms with Crippen LogP contribution < -0.4 is 31.3 Å². The summed E-state index contributed by atoms with van der Waals surface area (Å²) in [5, 5.41) is 10.2. The number of carbonyl (C=O) groups excluding carboxylic acids is 9. The minimum absolute atomic E-state index is 0.0192. The lowest BCUT2D eigenvalue weighted by atomic mass is 9.95. The van der Waals surface area contributed by atoms with E-state index in [1.165, 1.54) is 36.4 Å². The summed E-state index contributed by atoms with van der Waals surface area (Å²) in [5.74, 6) is -5.47. The number of esters is 1. The highest BCUT2D eigenvalue weighted by Crippen LogP contribution is 2.46. The molecule has 1 saturated heterocycles. The SMILES string of the molecule is CN1CCN(C(=O)Oc2cc3c(c4ccccc24)[C@H](CCl)CN3C(=O)c2cc3cc(NC(=O)c4ccc(NC(=O)C(=N[C@@H](CCCCN)C(=O)C(=O)OC(C)(C)C)NC(=O)CCCCCN5C(=O)C=CC5=O)cc4)ccc3[nH]2)CC1. The number of aromatic nitrogens is 1. The first-order chi connectivity index (χ1) is 38.3. The van der Waals surface area contributed by atoms with Crippen molar-refractivity contribution < 1.29 is 52.6 Å². The van der Waals surface area contributed by atoms with Gasteiger partial charge in [0.1, 0.15) is 23.1 Å². The zero-order valence-electron chi connectivity index (χ0n) is 45.1. The van der Waals surface area contributed by atoms with E-state index >= 15 is 0 Å². The first kappa shape index (κ1) is 57.9. The molecule has 21 nitrogen and oxygen atoms in total. The van der Waals surface area contributed by atoms with Gasteiger partial charge in [0.05, 0.1) is 5.69 Å². The van der Waals surface area contributed by atoms with Crippen LogP contribution in [0.2, 0.25) is 0 Å². The molecule has 0 radical (unpaired) electrons. The average Bonchev–Trinajstić information content (AvgIpc) is 4.14. The third-order valence-corrected chi connectivity index (χ3v) is 14.2. The number of amidine groups is 1. The maximum absolute atomic E-state index is 14.5. The molecular weight excluding hydrogens is 1050 g/mol. The minimum atomic E-state index is -1.40. The van der Waals surface area contributed by atoms with Gasteiger partial charge in [0.15, 0.2) is 5.84 Å². The second kappa shape index (κ2) is 25.7. The van der Waals surface area contributed by atoms with E-state index in [0.29, 0.717) is 86.3 Å². The molecule has 0 bridgehead atoms. The number of benzene rings is 4. The number of aliphatic imine (C=N–C) groups is 1. The molecule has 1 fully saturated rings. The molecule has 3 aliphatic heterocycles. The number of nitrogens with two attached hydrogens (primary N) is 1. The number of imide groups is 1. The highest BCUT2D eigenvalue weighted by atomic mass is 35.5. The highest BCUT2D eigenvalue weighted by Gasteiger charge is 2.37. The van der Waals surface area contributed by atoms with Crippen molar-refractivity contribution in [2.45, 2.75) is 83.3 Å². The van der Waals surface area contributed by atoms with Crippen LogP contribution in [0, 0.1) is 0 Å². The van der Waals surface area contributed by atoms with E-state index in [4.69, 9.17) is 26.8 Å². The summed E-state index contributed by atoms with van der Waals surface area (Å²) in [6, 6.07) is 20.7. The van der Waals surface area contributed by atoms with Crippen LogP contribution >= 0.6 is 11.6 Å². The number of likely N-dealkylation sites (N-methyl/N-ethyl adjacent to an activating group) is 1. The monoisotopic (exact) mass is 1110 g/mol. The Balaban J connectivity index is 0.942. The van der Waals surface area contributed by atoms with E-state index in [0.717, 1.165) is 34.3 Å². The lowest BCUT2D eigenvalue weighted by Crippen LogP contribution is -2.48. The molecule has 80 heavy (non-hydrogen) atoms. The number of unbranched alkanes of at least 4 members (excludes halogenated alkanes) is 3. The number of piperazine rings is 1. The highest BCUT2D eigenvalue weighted by molar-refractivity contribution is 6.45. The second-order valence-corrected chi connectivity index (χ2v) is 21.2. The Morgan fingerprint density at radius 3 is 2.21 bits per heavy atom. The molecule has 2 atom stereocenters. The van der Waals surface area contributed by atoms with Crippen molar-refractivity contribution in [3.05, 3.63) is 108 Å². The first-order valence-electron chi connectivity index (χ1n) is 26.6. The van der Waals surface area contributed by atoms with Gasteiger partial charge in [-0.25, -0.2) is 9.59 Å². The minimum Gasteiger partial charge on any atom is -0.454 e. The van der Waals surface area contributed by atoms with Gasteiger partial charge in [-0.15, -0.1) is 11.6 Å². The van der Waals surface area contributed by atoms with Gasteiger partial charge in [-0.1, -0.05) is 30.7 Å². The summed E-state index contributed by atoms with van der Waals surface area (Å²) >= 11 is 6.56. The number of nitrogens with zero attached hydrogens (tertiary/aromatic N) is 5. The third-order valence-electron chi connectivity index (χ3n) is 13.8. The van der Waals surface area contributed by atoms with Gasteiger partial charge >= 0.3 is 12.1 Å². The van der Waals surface area contributed by atoms with Crippen molar-refractivity contribution in [1.29, 1.82) is 0 Å². The van der Waals surface area contributed by atoms with Gasteiger partial charge in [-0.3, -0.25) is 43.5 Å². The van der Waals surface area contributed by atoms with Crippen molar-refractivity contribution >= 4 is 109 Å². The number of amides is 7. The Hall–Kier alpha value is -8.27. The Labute approximate surface area is 467 Å². The number of alkyl halides is 1. The van der Waals surface area contributed by atoms with Gasteiger partial charge in [0, 0.05) is 109 Å². The molecule has 1 aromatic heterocycles. The van der Waals surface area contributed by atoms with Crippen LogP contribution in [0.3, 0.4) is 0 Å². The second-order valence-electron chi connectivity index (χ2n) is 20.9. The van der Waals surface area contributed by atoms with Gasteiger partial charge in [0.25, 0.3) is 35.3 Å². The van der Waals surface area contributed by atoms with Crippen LogP contribution in [0.25, 0.3) is 21.7 Å².